The zero-order chi connectivity index (χ0) is 36.8. The molecule has 1 unspecified atom stereocenters. The predicted octanol–water partition coefficient (Wildman–Crippen LogP) is 7.36. The van der Waals surface area contributed by atoms with Gasteiger partial charge < -0.3 is 19.3 Å². The van der Waals surface area contributed by atoms with Crippen LogP contribution >= 0.6 is 11.6 Å². The van der Waals surface area contributed by atoms with E-state index in [4.69, 9.17) is 21.1 Å². The molecule has 1 N–H and O–H groups in total. The van der Waals surface area contributed by atoms with Crippen molar-refractivity contribution in [3.05, 3.63) is 70.3 Å². The van der Waals surface area contributed by atoms with E-state index >= 15 is 0 Å². The van der Waals surface area contributed by atoms with Crippen molar-refractivity contribution in [2.24, 2.45) is 17.8 Å². The highest BCUT2D eigenvalue weighted by Crippen LogP contribution is 2.50. The minimum Gasteiger partial charge on any atom is -0.490 e. The number of aryl methyl sites for hydroxylation is 1. The Balaban J connectivity index is 1.31. The van der Waals surface area contributed by atoms with Crippen molar-refractivity contribution in [3.63, 3.8) is 0 Å². The van der Waals surface area contributed by atoms with Crippen LogP contribution in [0.2, 0.25) is 5.02 Å². The molecular weight excluding hydrogens is 694 g/mol. The van der Waals surface area contributed by atoms with Gasteiger partial charge in [0.15, 0.2) is 0 Å². The lowest BCUT2D eigenvalue weighted by atomic mass is 9.62. The molecule has 7 atom stereocenters. The highest BCUT2D eigenvalue weighted by atomic mass is 35.5. The van der Waals surface area contributed by atoms with Crippen LogP contribution in [0, 0.1) is 17.8 Å². The number of nitrogens with zero attached hydrogens (tertiary/aromatic N) is 2. The maximum absolute atomic E-state index is 14.1. The number of benzene rings is 2. The van der Waals surface area contributed by atoms with Crippen LogP contribution in [-0.4, -0.2) is 77.5 Å². The predicted molar refractivity (Wildman–Crippen MR) is 211 cm³/mol. The molecule has 2 saturated carbocycles. The van der Waals surface area contributed by atoms with Crippen molar-refractivity contribution in [2.45, 2.75) is 107 Å². The normalized spacial score (nSPS) is 34.2. The number of anilines is 1. The lowest BCUT2D eigenvalue weighted by Gasteiger charge is -2.50. The van der Waals surface area contributed by atoms with E-state index in [9.17, 15) is 13.8 Å². The van der Waals surface area contributed by atoms with E-state index in [0.29, 0.717) is 25.1 Å². The molecule has 2 aliphatic heterocycles. The summed E-state index contributed by atoms with van der Waals surface area (Å²) in [6, 6.07) is 12.1. The number of rotatable bonds is 4. The Morgan fingerprint density at radius 3 is 2.65 bits per heavy atom. The number of hydrogen-bond acceptors (Lipinski definition) is 6. The summed E-state index contributed by atoms with van der Waals surface area (Å²) in [6.45, 7) is 5.88. The Labute approximate surface area is 315 Å². The molecule has 7 rings (SSSR count). The minimum absolute atomic E-state index is 0.0431. The second kappa shape index (κ2) is 14.7. The van der Waals surface area contributed by atoms with Crippen molar-refractivity contribution >= 4 is 44.7 Å². The van der Waals surface area contributed by atoms with Gasteiger partial charge in [-0.15, -0.1) is 0 Å². The van der Waals surface area contributed by atoms with Gasteiger partial charge in [0.2, 0.25) is 5.91 Å². The highest BCUT2D eigenvalue weighted by Gasteiger charge is 2.50. The third-order valence-electron chi connectivity index (χ3n) is 13.4. The van der Waals surface area contributed by atoms with Gasteiger partial charge in [0, 0.05) is 54.5 Å². The van der Waals surface area contributed by atoms with Crippen molar-refractivity contribution in [1.82, 2.24) is 9.62 Å². The molecule has 5 aliphatic rings. The summed E-state index contributed by atoms with van der Waals surface area (Å²) in [5, 5.41) is 0.354. The van der Waals surface area contributed by atoms with E-state index < -0.39 is 26.5 Å². The third-order valence-corrected chi connectivity index (χ3v) is 15.9. The molecule has 52 heavy (non-hydrogen) atoms. The molecule has 2 aromatic rings. The van der Waals surface area contributed by atoms with Crippen molar-refractivity contribution in [1.29, 1.82) is 0 Å². The van der Waals surface area contributed by atoms with E-state index in [1.807, 2.05) is 44.0 Å². The van der Waals surface area contributed by atoms with Gasteiger partial charge in [-0.25, -0.2) is 4.21 Å². The Morgan fingerprint density at radius 2 is 1.92 bits per heavy atom. The number of hydrogen-bond donors (Lipinski definition) is 1. The van der Waals surface area contributed by atoms with Gasteiger partial charge >= 0.3 is 0 Å². The summed E-state index contributed by atoms with van der Waals surface area (Å²) >= 11 is 6.50. The van der Waals surface area contributed by atoms with Crippen LogP contribution in [0.4, 0.5) is 5.69 Å². The first-order valence-electron chi connectivity index (χ1n) is 19.3. The van der Waals surface area contributed by atoms with Gasteiger partial charge in [0.05, 0.1) is 34.0 Å². The first kappa shape index (κ1) is 37.3. The maximum atomic E-state index is 14.1. The lowest BCUT2D eigenvalue weighted by Crippen LogP contribution is -2.54. The Kier molecular flexibility index (Phi) is 10.5. The van der Waals surface area contributed by atoms with Gasteiger partial charge in [-0.05, 0) is 123 Å². The zero-order valence-corrected chi connectivity index (χ0v) is 32.9. The molecule has 2 heterocycles. The molecule has 2 amide bonds. The third kappa shape index (κ3) is 7.02. The number of carbonyl (C=O) groups excluding carboxylic acids is 2. The van der Waals surface area contributed by atoms with E-state index in [2.05, 4.69) is 39.8 Å². The fraction of sp³-hybridized carbons (Fsp3) is 0.595. The maximum Gasteiger partial charge on any atom is 0.262 e. The van der Waals surface area contributed by atoms with Crippen molar-refractivity contribution < 1.29 is 23.3 Å². The molecule has 3 aliphatic carbocycles. The lowest BCUT2D eigenvalue weighted by molar-refractivity contribution is -0.143. The molecule has 0 aromatic heterocycles. The first-order valence-corrected chi connectivity index (χ1v) is 21.5. The second-order valence-corrected chi connectivity index (χ2v) is 19.3. The summed E-state index contributed by atoms with van der Waals surface area (Å²) in [5.41, 5.74) is 2.78. The van der Waals surface area contributed by atoms with Crippen LogP contribution in [0.15, 0.2) is 48.6 Å². The standard InChI is InChI=1S/C42H56ClN3O5S/c1-28-10-8-21-42(50-4,24-39(47)45(3)34-12-6-7-13-34)36-17-14-32(36)25-46-26-41(20-9-11-30-22-33(43)16-18-35(30)41)27-51-38-19-15-31(23-37(38)46)40(48)44-52(5,49)29(28)2/h8,15-16,18-19,21-23,28-29,32,34,36H,5-7,9-14,17,20,24-27H2,1-4H3,(H,44,48,49)/b21-8+/t28-,29+,32-,36+,41-,42+,52?/m0/s1. The quantitative estimate of drug-likeness (QED) is 0.260. The number of carbonyl (C=O) groups is 2. The summed E-state index contributed by atoms with van der Waals surface area (Å²) < 4.78 is 30.1. The molecule has 10 heteroatoms. The number of nitrogens with one attached hydrogen (secondary N) is 1. The molecule has 282 valence electrons. The topological polar surface area (TPSA) is 88.2 Å². The molecule has 2 bridgehead atoms. The second-order valence-electron chi connectivity index (χ2n) is 16.5. The highest BCUT2D eigenvalue weighted by molar-refractivity contribution is 7.99. The van der Waals surface area contributed by atoms with E-state index in [0.717, 1.165) is 80.8 Å². The Morgan fingerprint density at radius 1 is 1.13 bits per heavy atom. The summed E-state index contributed by atoms with van der Waals surface area (Å²) in [5.74, 6) is 4.81. The smallest absolute Gasteiger partial charge is 0.262 e. The average Bonchev–Trinajstić information content (AvgIpc) is 3.61. The molecular formula is C42H56ClN3O5S. The molecule has 0 radical (unpaired) electrons. The van der Waals surface area contributed by atoms with E-state index in [-0.39, 0.29) is 41.5 Å². The number of ether oxygens (including phenoxy) is 2. The summed E-state index contributed by atoms with van der Waals surface area (Å²) in [6.07, 6.45) is 14.5. The van der Waals surface area contributed by atoms with Gasteiger partial charge in [-0.2, -0.15) is 0 Å². The number of allylic oxidation sites excluding steroid dienone is 1. The van der Waals surface area contributed by atoms with Crippen LogP contribution in [-0.2, 0) is 31.1 Å². The number of fused-ring (bicyclic) bond motifs is 4. The van der Waals surface area contributed by atoms with Crippen LogP contribution < -0.4 is 14.4 Å². The van der Waals surface area contributed by atoms with Crippen LogP contribution in [0.3, 0.4) is 0 Å². The van der Waals surface area contributed by atoms with Crippen molar-refractivity contribution in [2.75, 3.05) is 38.8 Å². The fourth-order valence-corrected chi connectivity index (χ4v) is 11.5. The molecule has 8 nitrogen and oxygen atoms in total. The Bertz CT molecular complexity index is 1830. The first-order chi connectivity index (χ1) is 24.8. The fourth-order valence-electron chi connectivity index (χ4n) is 9.79. The summed E-state index contributed by atoms with van der Waals surface area (Å²) in [4.78, 5) is 32.3. The van der Waals surface area contributed by atoms with Crippen molar-refractivity contribution in [3.8, 4) is 5.75 Å². The SMILES string of the molecule is C=S1(=O)NC(=O)c2ccc3c(c2)N(C[C@@H]2CC[C@H]2[C@@](CC(=O)N(C)C2CCCC2)(OC)/C=C/C[C@H](C)[C@H]1C)C[C@@]1(CCCc2cc(Cl)ccc21)CO3. The van der Waals surface area contributed by atoms with Crippen LogP contribution in [0.25, 0.3) is 0 Å². The minimum atomic E-state index is -3.00. The zero-order valence-electron chi connectivity index (χ0n) is 31.3. The van der Waals surface area contributed by atoms with Gasteiger partial charge in [0.1, 0.15) is 5.75 Å². The van der Waals surface area contributed by atoms with Gasteiger partial charge in [-0.3, -0.25) is 14.3 Å². The molecule has 2 fully saturated rings. The largest absolute Gasteiger partial charge is 0.490 e. The van der Waals surface area contributed by atoms with E-state index in [1.54, 1.807) is 13.2 Å². The number of methoxy groups -OCH3 is 1. The monoisotopic (exact) mass is 749 g/mol. The number of amides is 2. The molecule has 1 spiro atoms. The molecule has 2 aromatic carbocycles. The molecule has 0 saturated heterocycles. The van der Waals surface area contributed by atoms with E-state index in [1.165, 1.54) is 11.1 Å². The van der Waals surface area contributed by atoms with Gasteiger partial charge in [0.25, 0.3) is 5.91 Å². The van der Waals surface area contributed by atoms with Gasteiger partial charge in [-0.1, -0.05) is 49.6 Å². The average molecular weight is 750 g/mol. The summed E-state index contributed by atoms with van der Waals surface area (Å²) in [7, 11) is 0.716. The van der Waals surface area contributed by atoms with Crippen LogP contribution in [0.5, 0.6) is 5.75 Å². The Hall–Kier alpha value is -3.01. The number of halogens is 1. The van der Waals surface area contributed by atoms with Crippen LogP contribution in [0.1, 0.15) is 99.5 Å².